The predicted molar refractivity (Wildman–Crippen MR) is 99.7 cm³/mol. The summed E-state index contributed by atoms with van der Waals surface area (Å²) in [6.45, 7) is 4.39. The Morgan fingerprint density at radius 1 is 1.24 bits per heavy atom. The largest absolute Gasteiger partial charge is 0.393 e. The average Bonchev–Trinajstić information content (AvgIpc) is 2.95. The van der Waals surface area contributed by atoms with Gasteiger partial charge in [0.1, 0.15) is 0 Å². The maximum Gasteiger partial charge on any atom is 0.155 e. The number of fused-ring (bicyclic) bond motifs is 5. The van der Waals surface area contributed by atoms with Crippen LogP contribution in [0.2, 0.25) is 0 Å². The highest BCUT2D eigenvalue weighted by Crippen LogP contribution is 2.68. The minimum Gasteiger partial charge on any atom is -0.393 e. The molecule has 0 spiro atoms. The van der Waals surface area contributed by atoms with Crippen molar-refractivity contribution in [2.24, 2.45) is 34.5 Å². The van der Waals surface area contributed by atoms with Crippen molar-refractivity contribution in [2.75, 3.05) is 0 Å². The topological polar surface area (TPSA) is 37.3 Å². The second kappa shape index (κ2) is 5.98. The second-order valence-electron chi connectivity index (χ2n) is 9.55. The molecule has 4 aliphatic rings. The Bertz CT molecular complexity index is 639. The Kier molecular flexibility index (Phi) is 4.15. The van der Waals surface area contributed by atoms with E-state index in [2.05, 4.69) is 12.8 Å². The lowest BCUT2D eigenvalue weighted by Crippen LogP contribution is -2.52. The van der Waals surface area contributed by atoms with Crippen LogP contribution < -0.4 is 0 Å². The first-order valence-corrected chi connectivity index (χ1v) is 10.3. The molecular weight excluding hydrogens is 308 g/mol. The normalized spacial score (nSPS) is 47.1. The summed E-state index contributed by atoms with van der Waals surface area (Å²) in [6, 6.07) is 0. The van der Waals surface area contributed by atoms with Gasteiger partial charge in [-0.25, -0.2) is 0 Å². The van der Waals surface area contributed by atoms with Crippen molar-refractivity contribution >= 4 is 5.78 Å². The molecule has 136 valence electrons. The number of aliphatic hydroxyl groups excluding tert-OH is 1. The molecule has 3 saturated carbocycles. The van der Waals surface area contributed by atoms with E-state index in [0.717, 1.165) is 44.4 Å². The number of terminal acetylenes is 1. The summed E-state index contributed by atoms with van der Waals surface area (Å²) >= 11 is 0. The van der Waals surface area contributed by atoms with Gasteiger partial charge in [-0.2, -0.15) is 0 Å². The number of hydrogen-bond donors (Lipinski definition) is 1. The Morgan fingerprint density at radius 2 is 2.04 bits per heavy atom. The highest BCUT2D eigenvalue weighted by Gasteiger charge is 2.60. The third-order valence-corrected chi connectivity index (χ3v) is 8.76. The SMILES string of the molecule is C#CC[C@]12CC[C@H]3[C@@H](CCC4=CC(=O)CC[C@@]43C)[C@@H]1CC[C@@H]2C(C)O. The molecule has 3 fully saturated rings. The average molecular weight is 341 g/mol. The molecule has 0 saturated heterocycles. The summed E-state index contributed by atoms with van der Waals surface area (Å²) in [6.07, 6.45) is 17.2. The van der Waals surface area contributed by atoms with Crippen LogP contribution in [0.1, 0.15) is 71.6 Å². The van der Waals surface area contributed by atoms with Crippen LogP contribution >= 0.6 is 0 Å². The Morgan fingerprint density at radius 3 is 2.76 bits per heavy atom. The van der Waals surface area contributed by atoms with Crippen LogP contribution in [0.15, 0.2) is 11.6 Å². The van der Waals surface area contributed by atoms with Crippen molar-refractivity contribution in [2.45, 2.75) is 77.7 Å². The first kappa shape index (κ1) is 17.3. The Balaban J connectivity index is 1.69. The number of carbonyl (C=O) groups is 1. The van der Waals surface area contributed by atoms with Crippen molar-refractivity contribution < 1.29 is 9.90 Å². The fourth-order valence-electron chi connectivity index (χ4n) is 7.67. The second-order valence-corrected chi connectivity index (χ2v) is 9.55. The Hall–Kier alpha value is -1.07. The fraction of sp³-hybridized carbons (Fsp3) is 0.783. The van der Waals surface area contributed by atoms with E-state index < -0.39 is 0 Å². The number of carbonyl (C=O) groups excluding carboxylic acids is 1. The van der Waals surface area contributed by atoms with E-state index in [-0.39, 0.29) is 16.9 Å². The molecular formula is C23H32O2. The van der Waals surface area contributed by atoms with Crippen LogP contribution in [0.25, 0.3) is 0 Å². The van der Waals surface area contributed by atoms with Gasteiger partial charge in [-0.1, -0.05) is 12.5 Å². The van der Waals surface area contributed by atoms with Gasteiger partial charge in [-0.05, 0) is 92.4 Å². The quantitative estimate of drug-likeness (QED) is 0.751. The third kappa shape index (κ3) is 2.38. The van der Waals surface area contributed by atoms with Gasteiger partial charge >= 0.3 is 0 Å². The van der Waals surface area contributed by atoms with Crippen LogP contribution in [0, 0.1) is 46.8 Å². The summed E-state index contributed by atoms with van der Waals surface area (Å²) in [5.74, 6) is 5.77. The maximum atomic E-state index is 11.9. The van der Waals surface area contributed by atoms with Gasteiger partial charge < -0.3 is 5.11 Å². The molecule has 0 amide bonds. The lowest BCUT2D eigenvalue weighted by Gasteiger charge is -2.59. The molecule has 0 aliphatic heterocycles. The van der Waals surface area contributed by atoms with Crippen LogP contribution in [0.4, 0.5) is 0 Å². The van der Waals surface area contributed by atoms with E-state index in [9.17, 15) is 9.90 Å². The summed E-state index contributed by atoms with van der Waals surface area (Å²) in [5.41, 5.74) is 1.81. The number of ketones is 1. The van der Waals surface area contributed by atoms with Crippen molar-refractivity contribution in [1.82, 2.24) is 0 Å². The third-order valence-electron chi connectivity index (χ3n) is 8.76. The van der Waals surface area contributed by atoms with Gasteiger partial charge in [0.2, 0.25) is 0 Å². The number of rotatable bonds is 2. The molecule has 25 heavy (non-hydrogen) atoms. The van der Waals surface area contributed by atoms with Gasteiger partial charge in [0.15, 0.2) is 5.78 Å². The molecule has 0 bridgehead atoms. The lowest BCUT2D eigenvalue weighted by molar-refractivity contribution is -0.118. The fourth-order valence-corrected chi connectivity index (χ4v) is 7.67. The zero-order valence-corrected chi connectivity index (χ0v) is 15.8. The zero-order valence-electron chi connectivity index (χ0n) is 15.8. The lowest BCUT2D eigenvalue weighted by atomic mass is 9.46. The molecule has 1 N–H and O–H groups in total. The minimum atomic E-state index is -0.253. The molecule has 0 aromatic rings. The van der Waals surface area contributed by atoms with E-state index in [0.29, 0.717) is 23.5 Å². The van der Waals surface area contributed by atoms with Crippen LogP contribution in [0.5, 0.6) is 0 Å². The van der Waals surface area contributed by atoms with Crippen molar-refractivity contribution in [1.29, 1.82) is 0 Å². The van der Waals surface area contributed by atoms with Crippen LogP contribution in [0.3, 0.4) is 0 Å². The Labute approximate surface area is 152 Å². The van der Waals surface area contributed by atoms with Crippen LogP contribution in [-0.4, -0.2) is 17.0 Å². The zero-order chi connectivity index (χ0) is 17.8. The summed E-state index contributed by atoms with van der Waals surface area (Å²) in [4.78, 5) is 11.9. The van der Waals surface area contributed by atoms with E-state index in [1.165, 1.54) is 24.8 Å². The number of hydrogen-bond acceptors (Lipinski definition) is 2. The highest BCUT2D eigenvalue weighted by molar-refractivity contribution is 5.91. The van der Waals surface area contributed by atoms with Crippen LogP contribution in [-0.2, 0) is 4.79 Å². The molecule has 4 aliphatic carbocycles. The number of allylic oxidation sites excluding steroid dienone is 1. The highest BCUT2D eigenvalue weighted by atomic mass is 16.3. The van der Waals surface area contributed by atoms with E-state index in [4.69, 9.17) is 6.42 Å². The molecule has 1 unspecified atom stereocenters. The van der Waals surface area contributed by atoms with Crippen molar-refractivity contribution in [3.8, 4) is 12.3 Å². The molecule has 7 atom stereocenters. The maximum absolute atomic E-state index is 11.9. The molecule has 4 rings (SSSR count). The molecule has 2 nitrogen and oxygen atoms in total. The molecule has 0 heterocycles. The van der Waals surface area contributed by atoms with E-state index in [1.807, 2.05) is 13.0 Å². The van der Waals surface area contributed by atoms with E-state index >= 15 is 0 Å². The first-order chi connectivity index (χ1) is 11.9. The monoisotopic (exact) mass is 340 g/mol. The summed E-state index contributed by atoms with van der Waals surface area (Å²) < 4.78 is 0. The predicted octanol–water partition coefficient (Wildman–Crippen LogP) is 4.52. The molecule has 2 heteroatoms. The standard InChI is InChI=1S/C23H32O2/c1-4-11-23-13-10-20-18(21(23)8-7-19(23)15(2)24)6-5-16-14-17(25)9-12-22(16,20)3/h1,14-15,18-21,24H,5-13H2,2-3H3/t15?,18-,19-,20+,21+,22+,23-/m1/s1. The van der Waals surface area contributed by atoms with E-state index in [1.54, 1.807) is 0 Å². The summed E-state index contributed by atoms with van der Waals surface area (Å²) in [7, 11) is 0. The van der Waals surface area contributed by atoms with Gasteiger partial charge in [-0.3, -0.25) is 4.79 Å². The van der Waals surface area contributed by atoms with Gasteiger partial charge in [-0.15, -0.1) is 12.3 Å². The van der Waals surface area contributed by atoms with Crippen molar-refractivity contribution in [3.63, 3.8) is 0 Å². The first-order valence-electron chi connectivity index (χ1n) is 10.3. The number of aliphatic hydroxyl groups is 1. The minimum absolute atomic E-state index is 0.159. The van der Waals surface area contributed by atoms with Gasteiger partial charge in [0, 0.05) is 12.8 Å². The smallest absolute Gasteiger partial charge is 0.155 e. The molecule has 0 aromatic carbocycles. The molecule has 0 radical (unpaired) electrons. The van der Waals surface area contributed by atoms with Crippen molar-refractivity contribution in [3.05, 3.63) is 11.6 Å². The van der Waals surface area contributed by atoms with Gasteiger partial charge in [0.05, 0.1) is 6.10 Å². The summed E-state index contributed by atoms with van der Waals surface area (Å²) in [5, 5.41) is 10.4. The van der Waals surface area contributed by atoms with Gasteiger partial charge in [0.25, 0.3) is 0 Å². The molecule has 0 aromatic heterocycles.